The first kappa shape index (κ1) is 15.1. The summed E-state index contributed by atoms with van der Waals surface area (Å²) in [6, 6.07) is 3.53. The summed E-state index contributed by atoms with van der Waals surface area (Å²) in [6.45, 7) is 8.75. The van der Waals surface area contributed by atoms with Crippen molar-refractivity contribution in [3.63, 3.8) is 0 Å². The molecule has 2 heterocycles. The summed E-state index contributed by atoms with van der Waals surface area (Å²) in [6.07, 6.45) is 1.04. The number of halogens is 1. The van der Waals surface area contributed by atoms with E-state index in [0.717, 1.165) is 26.1 Å². The fraction of sp³-hybridized carbons (Fsp3) is 0.600. The molecule has 2 atom stereocenters. The quantitative estimate of drug-likeness (QED) is 0.931. The van der Waals surface area contributed by atoms with E-state index in [1.807, 2.05) is 11.8 Å². The summed E-state index contributed by atoms with van der Waals surface area (Å²) in [7, 11) is 0. The third-order valence-corrected chi connectivity index (χ3v) is 4.33. The highest BCUT2D eigenvalue weighted by atomic mass is 35.5. The fourth-order valence-electron chi connectivity index (χ4n) is 2.47. The first-order valence-corrected chi connectivity index (χ1v) is 7.60. The van der Waals surface area contributed by atoms with Gasteiger partial charge in [0, 0.05) is 19.6 Å². The zero-order valence-electron chi connectivity index (χ0n) is 12.3. The van der Waals surface area contributed by atoms with Crippen molar-refractivity contribution in [3.05, 3.63) is 22.8 Å². The molecule has 110 valence electrons. The standard InChI is InChI=1S/C15H22ClN3O/c1-4-17-13-6-5-12(16)14(18-13)15(20)19-8-7-10(2)11(3)9-19/h5-6,10-11H,4,7-9H2,1-3H3,(H,17,18). The second-order valence-corrected chi connectivity index (χ2v) is 5.96. The number of anilines is 1. The van der Waals surface area contributed by atoms with Gasteiger partial charge < -0.3 is 10.2 Å². The third kappa shape index (κ3) is 3.23. The van der Waals surface area contributed by atoms with Crippen LogP contribution in [0, 0.1) is 11.8 Å². The monoisotopic (exact) mass is 295 g/mol. The van der Waals surface area contributed by atoms with Gasteiger partial charge >= 0.3 is 0 Å². The maximum atomic E-state index is 12.6. The van der Waals surface area contributed by atoms with Crippen LogP contribution in [0.4, 0.5) is 5.82 Å². The zero-order chi connectivity index (χ0) is 14.7. The number of carbonyl (C=O) groups is 1. The van der Waals surface area contributed by atoms with Crippen LogP contribution in [0.15, 0.2) is 12.1 Å². The number of hydrogen-bond acceptors (Lipinski definition) is 3. The molecular weight excluding hydrogens is 274 g/mol. The van der Waals surface area contributed by atoms with E-state index in [0.29, 0.717) is 28.4 Å². The van der Waals surface area contributed by atoms with Gasteiger partial charge in [-0.05, 0) is 37.3 Å². The molecule has 0 aromatic carbocycles. The minimum Gasteiger partial charge on any atom is -0.370 e. The molecule has 5 heteroatoms. The third-order valence-electron chi connectivity index (χ3n) is 4.03. The topological polar surface area (TPSA) is 45.2 Å². The molecule has 1 aromatic rings. The number of aromatic nitrogens is 1. The molecule has 0 bridgehead atoms. The Bertz CT molecular complexity index is 492. The van der Waals surface area contributed by atoms with Crippen LogP contribution in [0.25, 0.3) is 0 Å². The summed E-state index contributed by atoms with van der Waals surface area (Å²) in [5, 5.41) is 3.53. The van der Waals surface area contributed by atoms with E-state index in [9.17, 15) is 4.79 Å². The lowest BCUT2D eigenvalue weighted by Gasteiger charge is -2.35. The van der Waals surface area contributed by atoms with Crippen molar-refractivity contribution in [2.75, 3.05) is 25.0 Å². The van der Waals surface area contributed by atoms with Crippen molar-refractivity contribution in [2.24, 2.45) is 11.8 Å². The number of hydrogen-bond donors (Lipinski definition) is 1. The van der Waals surface area contributed by atoms with Crippen molar-refractivity contribution in [1.82, 2.24) is 9.88 Å². The molecule has 1 aliphatic rings. The Balaban J connectivity index is 2.18. The first-order chi connectivity index (χ1) is 9.52. The van der Waals surface area contributed by atoms with E-state index in [2.05, 4.69) is 24.1 Å². The number of amides is 1. The van der Waals surface area contributed by atoms with E-state index >= 15 is 0 Å². The minimum atomic E-state index is -0.0616. The fourth-order valence-corrected chi connectivity index (χ4v) is 2.65. The van der Waals surface area contributed by atoms with Crippen LogP contribution >= 0.6 is 11.6 Å². The lowest BCUT2D eigenvalue weighted by molar-refractivity contribution is 0.0622. The highest BCUT2D eigenvalue weighted by Crippen LogP contribution is 2.25. The number of rotatable bonds is 3. The second kappa shape index (κ2) is 6.44. The van der Waals surface area contributed by atoms with Gasteiger partial charge in [-0.2, -0.15) is 0 Å². The molecule has 2 rings (SSSR count). The zero-order valence-corrected chi connectivity index (χ0v) is 13.1. The summed E-state index contributed by atoms with van der Waals surface area (Å²) in [5.41, 5.74) is 0.354. The molecule has 1 fully saturated rings. The molecule has 1 aliphatic heterocycles. The van der Waals surface area contributed by atoms with Gasteiger partial charge in [0.2, 0.25) is 0 Å². The van der Waals surface area contributed by atoms with Gasteiger partial charge in [-0.25, -0.2) is 4.98 Å². The average molecular weight is 296 g/mol. The number of pyridine rings is 1. The predicted octanol–water partition coefficient (Wildman–Crippen LogP) is 3.28. The van der Waals surface area contributed by atoms with Crippen LogP contribution in [-0.4, -0.2) is 35.4 Å². The summed E-state index contributed by atoms with van der Waals surface area (Å²) in [4.78, 5) is 18.8. The van der Waals surface area contributed by atoms with Gasteiger partial charge in [-0.3, -0.25) is 4.79 Å². The van der Waals surface area contributed by atoms with Crippen molar-refractivity contribution >= 4 is 23.3 Å². The first-order valence-electron chi connectivity index (χ1n) is 7.22. The molecule has 1 saturated heterocycles. The average Bonchev–Trinajstić information content (AvgIpc) is 2.43. The van der Waals surface area contributed by atoms with Crippen molar-refractivity contribution < 1.29 is 4.79 Å². The SMILES string of the molecule is CCNc1ccc(Cl)c(C(=O)N2CCC(C)C(C)C2)n1. The Hall–Kier alpha value is -1.29. The van der Waals surface area contributed by atoms with Crippen LogP contribution in [0.5, 0.6) is 0 Å². The molecule has 2 unspecified atom stereocenters. The number of nitrogens with zero attached hydrogens (tertiary/aromatic N) is 2. The van der Waals surface area contributed by atoms with Gasteiger partial charge in [0.15, 0.2) is 0 Å². The number of carbonyl (C=O) groups excluding carboxylic acids is 1. The van der Waals surface area contributed by atoms with E-state index in [-0.39, 0.29) is 5.91 Å². The number of nitrogens with one attached hydrogen (secondary N) is 1. The van der Waals surface area contributed by atoms with Gasteiger partial charge in [-0.15, -0.1) is 0 Å². The van der Waals surface area contributed by atoms with E-state index in [1.165, 1.54) is 0 Å². The van der Waals surface area contributed by atoms with Crippen molar-refractivity contribution in [2.45, 2.75) is 27.2 Å². The van der Waals surface area contributed by atoms with Crippen molar-refractivity contribution in [3.8, 4) is 0 Å². The number of likely N-dealkylation sites (tertiary alicyclic amines) is 1. The Morgan fingerprint density at radius 3 is 2.85 bits per heavy atom. The van der Waals surface area contributed by atoms with Crippen LogP contribution in [0.1, 0.15) is 37.7 Å². The summed E-state index contributed by atoms with van der Waals surface area (Å²) < 4.78 is 0. The van der Waals surface area contributed by atoms with Crippen LogP contribution < -0.4 is 5.32 Å². The van der Waals surface area contributed by atoms with E-state index in [4.69, 9.17) is 11.6 Å². The molecule has 0 saturated carbocycles. The second-order valence-electron chi connectivity index (χ2n) is 5.55. The Morgan fingerprint density at radius 1 is 1.45 bits per heavy atom. The molecule has 0 aliphatic carbocycles. The van der Waals surface area contributed by atoms with E-state index in [1.54, 1.807) is 12.1 Å². The molecule has 1 amide bonds. The number of piperidine rings is 1. The molecule has 0 radical (unpaired) electrons. The minimum absolute atomic E-state index is 0.0616. The van der Waals surface area contributed by atoms with Crippen LogP contribution in [-0.2, 0) is 0 Å². The smallest absolute Gasteiger partial charge is 0.274 e. The van der Waals surface area contributed by atoms with E-state index < -0.39 is 0 Å². The van der Waals surface area contributed by atoms with Crippen LogP contribution in [0.2, 0.25) is 5.02 Å². The Kier molecular flexibility index (Phi) is 4.86. The molecule has 1 aromatic heterocycles. The Labute approximate surface area is 125 Å². The predicted molar refractivity (Wildman–Crippen MR) is 82.3 cm³/mol. The van der Waals surface area contributed by atoms with Gasteiger partial charge in [-0.1, -0.05) is 25.4 Å². The maximum absolute atomic E-state index is 12.6. The van der Waals surface area contributed by atoms with Gasteiger partial charge in [0.05, 0.1) is 5.02 Å². The molecular formula is C15H22ClN3O. The van der Waals surface area contributed by atoms with Gasteiger partial charge in [0.25, 0.3) is 5.91 Å². The highest BCUT2D eigenvalue weighted by molar-refractivity contribution is 6.33. The van der Waals surface area contributed by atoms with Gasteiger partial charge in [0.1, 0.15) is 11.5 Å². The summed E-state index contributed by atoms with van der Waals surface area (Å²) >= 11 is 6.14. The highest BCUT2D eigenvalue weighted by Gasteiger charge is 2.28. The normalized spacial score (nSPS) is 22.7. The molecule has 20 heavy (non-hydrogen) atoms. The molecule has 0 spiro atoms. The lowest BCUT2D eigenvalue weighted by atomic mass is 9.88. The van der Waals surface area contributed by atoms with Crippen molar-refractivity contribution in [1.29, 1.82) is 0 Å². The molecule has 4 nitrogen and oxygen atoms in total. The summed E-state index contributed by atoms with van der Waals surface area (Å²) in [5.74, 6) is 1.81. The molecule has 1 N–H and O–H groups in total. The largest absolute Gasteiger partial charge is 0.370 e. The lowest BCUT2D eigenvalue weighted by Crippen LogP contribution is -2.42. The van der Waals surface area contributed by atoms with Crippen LogP contribution in [0.3, 0.4) is 0 Å². The Morgan fingerprint density at radius 2 is 2.20 bits per heavy atom. The maximum Gasteiger partial charge on any atom is 0.274 e.